The first-order valence-electron chi connectivity index (χ1n) is 9.64. The Balaban J connectivity index is 2.03. The molecular formula is C21H26N6O3S. The van der Waals surface area contributed by atoms with Crippen LogP contribution in [0.15, 0.2) is 29.2 Å². The highest BCUT2D eigenvalue weighted by molar-refractivity contribution is 7.89. The summed E-state index contributed by atoms with van der Waals surface area (Å²) >= 11 is 0. The molecule has 2 aromatic heterocycles. The molecule has 1 aromatic carbocycles. The molecule has 0 unspecified atom stereocenters. The van der Waals surface area contributed by atoms with Crippen LogP contribution >= 0.6 is 0 Å². The Labute approximate surface area is 182 Å². The first kappa shape index (κ1) is 22.6. The monoisotopic (exact) mass is 442 g/mol. The van der Waals surface area contributed by atoms with Crippen LogP contribution in [0.1, 0.15) is 38.6 Å². The highest BCUT2D eigenvalue weighted by Crippen LogP contribution is 2.24. The Morgan fingerprint density at radius 1 is 0.935 bits per heavy atom. The van der Waals surface area contributed by atoms with Gasteiger partial charge in [-0.05, 0) is 63.9 Å². The van der Waals surface area contributed by atoms with E-state index in [1.807, 2.05) is 19.9 Å². The summed E-state index contributed by atoms with van der Waals surface area (Å²) in [5.74, 6) is 0.281. The third kappa shape index (κ3) is 4.49. The Kier molecular flexibility index (Phi) is 5.97. The Hall–Kier alpha value is -3.11. The average Bonchev–Trinajstić information content (AvgIpc) is 3.02. The zero-order chi connectivity index (χ0) is 23.1. The summed E-state index contributed by atoms with van der Waals surface area (Å²) in [7, 11) is -0.779. The quantitative estimate of drug-likeness (QED) is 0.651. The van der Waals surface area contributed by atoms with Crippen LogP contribution in [0.25, 0.3) is 5.95 Å². The molecule has 2 heterocycles. The second-order valence-electron chi connectivity index (χ2n) is 7.69. The van der Waals surface area contributed by atoms with Crippen molar-refractivity contribution in [1.29, 1.82) is 0 Å². The molecule has 1 N–H and O–H groups in total. The lowest BCUT2D eigenvalue weighted by molar-refractivity contribution is 0.102. The van der Waals surface area contributed by atoms with Gasteiger partial charge in [-0.25, -0.2) is 22.7 Å². The molecule has 164 valence electrons. The molecule has 3 rings (SSSR count). The summed E-state index contributed by atoms with van der Waals surface area (Å²) < 4.78 is 28.0. The minimum Gasteiger partial charge on any atom is -0.306 e. The van der Waals surface area contributed by atoms with Gasteiger partial charge in [0.05, 0.1) is 10.6 Å². The van der Waals surface area contributed by atoms with E-state index in [0.717, 1.165) is 15.7 Å². The molecule has 10 heteroatoms. The minimum absolute atomic E-state index is 0.102. The molecule has 0 saturated heterocycles. The van der Waals surface area contributed by atoms with Crippen LogP contribution in [0.3, 0.4) is 0 Å². The lowest BCUT2D eigenvalue weighted by atomic mass is 10.1. The van der Waals surface area contributed by atoms with Crippen LogP contribution in [-0.2, 0) is 10.0 Å². The number of anilines is 1. The van der Waals surface area contributed by atoms with Gasteiger partial charge in [0.15, 0.2) is 0 Å². The summed E-state index contributed by atoms with van der Waals surface area (Å²) in [6, 6.07) is 6.62. The molecule has 0 aliphatic heterocycles. The summed E-state index contributed by atoms with van der Waals surface area (Å²) in [4.78, 5) is 22.0. The predicted octanol–water partition coefficient (Wildman–Crippen LogP) is 2.71. The molecule has 0 atom stereocenters. The number of hydrogen-bond donors (Lipinski definition) is 1. The second kappa shape index (κ2) is 8.20. The number of carbonyl (C=O) groups excluding carboxylic acids is 1. The van der Waals surface area contributed by atoms with Crippen molar-refractivity contribution in [3.8, 4) is 5.95 Å². The van der Waals surface area contributed by atoms with E-state index in [1.165, 1.54) is 24.8 Å². The number of benzene rings is 1. The van der Waals surface area contributed by atoms with Crippen molar-refractivity contribution in [1.82, 2.24) is 24.1 Å². The molecule has 0 fully saturated rings. The van der Waals surface area contributed by atoms with Crippen molar-refractivity contribution < 1.29 is 13.2 Å². The van der Waals surface area contributed by atoms with Crippen LogP contribution in [0.2, 0.25) is 0 Å². The van der Waals surface area contributed by atoms with E-state index in [2.05, 4.69) is 20.4 Å². The molecule has 1 amide bonds. The van der Waals surface area contributed by atoms with E-state index in [0.29, 0.717) is 28.6 Å². The van der Waals surface area contributed by atoms with E-state index >= 15 is 0 Å². The zero-order valence-electron chi connectivity index (χ0n) is 18.7. The van der Waals surface area contributed by atoms with Gasteiger partial charge in [0, 0.05) is 37.1 Å². The van der Waals surface area contributed by atoms with Gasteiger partial charge in [-0.2, -0.15) is 9.78 Å². The van der Waals surface area contributed by atoms with E-state index < -0.39 is 15.9 Å². The largest absolute Gasteiger partial charge is 0.306 e. The van der Waals surface area contributed by atoms with E-state index in [1.54, 1.807) is 32.9 Å². The van der Waals surface area contributed by atoms with Crippen molar-refractivity contribution in [2.24, 2.45) is 0 Å². The van der Waals surface area contributed by atoms with Gasteiger partial charge in [0.1, 0.15) is 5.82 Å². The van der Waals surface area contributed by atoms with Gasteiger partial charge in [0.25, 0.3) is 11.9 Å². The number of nitrogens with one attached hydrogen (secondary N) is 1. The predicted molar refractivity (Wildman–Crippen MR) is 118 cm³/mol. The summed E-state index contributed by atoms with van der Waals surface area (Å²) in [5, 5.41) is 7.21. The normalized spacial score (nSPS) is 11.7. The van der Waals surface area contributed by atoms with Gasteiger partial charge < -0.3 is 5.32 Å². The van der Waals surface area contributed by atoms with Gasteiger partial charge in [-0.15, -0.1) is 0 Å². The van der Waals surface area contributed by atoms with Crippen molar-refractivity contribution in [3.63, 3.8) is 0 Å². The smallest absolute Gasteiger partial charge is 0.256 e. The third-order valence-corrected chi connectivity index (χ3v) is 6.81. The van der Waals surface area contributed by atoms with Crippen molar-refractivity contribution in [2.45, 2.75) is 39.5 Å². The van der Waals surface area contributed by atoms with E-state index in [9.17, 15) is 13.2 Å². The number of rotatable bonds is 5. The molecule has 31 heavy (non-hydrogen) atoms. The molecule has 0 radical (unpaired) electrons. The first-order chi connectivity index (χ1) is 14.4. The molecular weight excluding hydrogens is 416 g/mol. The van der Waals surface area contributed by atoms with Crippen LogP contribution in [0.5, 0.6) is 0 Å². The summed E-state index contributed by atoms with van der Waals surface area (Å²) in [6.07, 6.45) is 0. The maximum Gasteiger partial charge on any atom is 0.256 e. The standard InChI is InChI=1S/C21H26N6O3S/c1-12-8-17(11-18(16(12)5)31(29,30)26(6)7)20(28)24-19-10-15(4)25-27(19)21-22-13(2)9-14(3)23-21/h8-11H,1-7H3,(H,24,28). The van der Waals surface area contributed by atoms with Gasteiger partial charge in [-0.3, -0.25) is 4.79 Å². The lowest BCUT2D eigenvalue weighted by Crippen LogP contribution is -2.24. The molecule has 0 aliphatic rings. The number of nitrogens with zero attached hydrogens (tertiary/aromatic N) is 5. The second-order valence-corrected chi connectivity index (χ2v) is 9.81. The molecule has 0 aliphatic carbocycles. The lowest BCUT2D eigenvalue weighted by Gasteiger charge is -2.16. The minimum atomic E-state index is -3.70. The highest BCUT2D eigenvalue weighted by atomic mass is 32.2. The molecule has 3 aromatic rings. The molecule has 0 saturated carbocycles. The highest BCUT2D eigenvalue weighted by Gasteiger charge is 2.23. The number of sulfonamides is 1. The Bertz CT molecular complexity index is 1260. The fraction of sp³-hybridized carbons (Fsp3) is 0.333. The first-order valence-corrected chi connectivity index (χ1v) is 11.1. The molecule has 9 nitrogen and oxygen atoms in total. The van der Waals surface area contributed by atoms with Crippen LogP contribution < -0.4 is 5.32 Å². The van der Waals surface area contributed by atoms with Crippen LogP contribution in [0.4, 0.5) is 5.82 Å². The maximum atomic E-state index is 13.1. The summed E-state index contributed by atoms with van der Waals surface area (Å²) in [5.41, 5.74) is 3.77. The fourth-order valence-electron chi connectivity index (χ4n) is 3.15. The topological polar surface area (TPSA) is 110 Å². The van der Waals surface area contributed by atoms with Crippen molar-refractivity contribution >= 4 is 21.7 Å². The number of hydrogen-bond acceptors (Lipinski definition) is 6. The zero-order valence-corrected chi connectivity index (χ0v) is 19.5. The number of aryl methyl sites for hydroxylation is 4. The van der Waals surface area contributed by atoms with Crippen LogP contribution in [-0.4, -0.2) is 52.5 Å². The Morgan fingerprint density at radius 3 is 2.13 bits per heavy atom. The maximum absolute atomic E-state index is 13.1. The fourth-order valence-corrected chi connectivity index (χ4v) is 4.37. The average molecular weight is 443 g/mol. The number of amides is 1. The summed E-state index contributed by atoms with van der Waals surface area (Å²) in [6.45, 7) is 9.01. The van der Waals surface area contributed by atoms with Gasteiger partial charge in [-0.1, -0.05) is 0 Å². The van der Waals surface area contributed by atoms with Crippen molar-refractivity contribution in [3.05, 3.63) is 58.0 Å². The molecule has 0 bridgehead atoms. The number of aromatic nitrogens is 4. The van der Waals surface area contributed by atoms with Crippen molar-refractivity contribution in [2.75, 3.05) is 19.4 Å². The van der Waals surface area contributed by atoms with Gasteiger partial charge >= 0.3 is 0 Å². The SMILES string of the molecule is Cc1cc(C)nc(-n2nc(C)cc2NC(=O)c2cc(C)c(C)c(S(=O)(=O)N(C)C)c2)n1. The Morgan fingerprint density at radius 2 is 1.55 bits per heavy atom. The molecule has 0 spiro atoms. The van der Waals surface area contributed by atoms with E-state index in [4.69, 9.17) is 0 Å². The van der Waals surface area contributed by atoms with Crippen LogP contribution in [0, 0.1) is 34.6 Å². The van der Waals surface area contributed by atoms with E-state index in [-0.39, 0.29) is 10.5 Å². The number of carbonyl (C=O) groups is 1. The van der Waals surface area contributed by atoms with Gasteiger partial charge in [0.2, 0.25) is 10.0 Å². The third-order valence-electron chi connectivity index (χ3n) is 4.87.